The zero-order valence-corrected chi connectivity index (χ0v) is 15.9. The van der Waals surface area contributed by atoms with Gasteiger partial charge in [0, 0.05) is 31.1 Å². The Bertz CT molecular complexity index is 1140. The topological polar surface area (TPSA) is 64.0 Å². The van der Waals surface area contributed by atoms with E-state index in [2.05, 4.69) is 9.71 Å². The van der Waals surface area contributed by atoms with Crippen LogP contribution in [0.1, 0.15) is 25.6 Å². The van der Waals surface area contributed by atoms with Crippen molar-refractivity contribution in [1.29, 1.82) is 0 Å². The summed E-state index contributed by atoms with van der Waals surface area (Å²) in [7, 11) is -2.03. The summed E-state index contributed by atoms with van der Waals surface area (Å²) in [6, 6.07) is 9.73. The summed E-state index contributed by atoms with van der Waals surface area (Å²) in [5.74, 6) is -1.11. The monoisotopic (exact) mass is 391 g/mol. The van der Waals surface area contributed by atoms with Crippen molar-refractivity contribution in [3.63, 3.8) is 0 Å². The van der Waals surface area contributed by atoms with Crippen LogP contribution < -0.4 is 4.72 Å². The Hall–Kier alpha value is -2.32. The molecule has 5 nitrogen and oxygen atoms in total. The van der Waals surface area contributed by atoms with E-state index in [0.29, 0.717) is 5.82 Å². The number of rotatable bonds is 4. The molecule has 0 spiro atoms. The summed E-state index contributed by atoms with van der Waals surface area (Å²) >= 11 is 0. The number of hydrogen-bond donors (Lipinski definition) is 1. The first-order chi connectivity index (χ1) is 12.6. The number of sulfonamides is 1. The highest BCUT2D eigenvalue weighted by atomic mass is 32.2. The Morgan fingerprint density at radius 2 is 1.81 bits per heavy atom. The van der Waals surface area contributed by atoms with Gasteiger partial charge >= 0.3 is 0 Å². The van der Waals surface area contributed by atoms with E-state index in [1.54, 1.807) is 29.8 Å². The molecular weight excluding hydrogens is 372 g/mol. The first kappa shape index (κ1) is 18.1. The second-order valence-electron chi connectivity index (χ2n) is 7.50. The van der Waals surface area contributed by atoms with Crippen molar-refractivity contribution in [2.24, 2.45) is 12.5 Å². The van der Waals surface area contributed by atoms with Gasteiger partial charge in [0.15, 0.2) is 5.82 Å². The Morgan fingerprint density at radius 3 is 2.48 bits per heavy atom. The van der Waals surface area contributed by atoms with E-state index < -0.39 is 33.1 Å². The van der Waals surface area contributed by atoms with Crippen LogP contribution >= 0.6 is 0 Å². The van der Waals surface area contributed by atoms with Crippen LogP contribution in [0.15, 0.2) is 47.4 Å². The van der Waals surface area contributed by atoms with Crippen LogP contribution in [0.2, 0.25) is 0 Å². The third-order valence-electron chi connectivity index (χ3n) is 5.36. The summed E-state index contributed by atoms with van der Waals surface area (Å²) in [6.45, 7) is 3.85. The standard InChI is InChI=1S/C19H19F2N3O2S/c1-19(2)15(17(19)23-27(25,26)12-7-5-4-6-8-12)18-22-14-10-11(20)9-13(21)16(14)24(18)3/h4-10,15,17,23H,1-3H3/t15-,17-/m1/s1. The minimum atomic E-state index is -3.69. The molecular formula is C19H19F2N3O2S. The first-order valence-electron chi connectivity index (χ1n) is 8.51. The smallest absolute Gasteiger partial charge is 0.240 e. The lowest BCUT2D eigenvalue weighted by atomic mass is 10.1. The predicted octanol–water partition coefficient (Wildman–Crippen LogP) is 3.32. The number of nitrogens with zero attached hydrogens (tertiary/aromatic N) is 2. The summed E-state index contributed by atoms with van der Waals surface area (Å²) in [6.07, 6.45) is 0. The van der Waals surface area contributed by atoms with Gasteiger partial charge in [0.05, 0.1) is 10.4 Å². The Labute approximate surface area is 156 Å². The van der Waals surface area contributed by atoms with Crippen molar-refractivity contribution in [3.05, 3.63) is 59.9 Å². The highest BCUT2D eigenvalue weighted by Gasteiger charge is 2.62. The summed E-state index contributed by atoms with van der Waals surface area (Å²) in [5, 5.41) is 0. The maximum Gasteiger partial charge on any atom is 0.240 e. The molecule has 4 rings (SSSR count). The molecule has 0 radical (unpaired) electrons. The fourth-order valence-corrected chi connectivity index (χ4v) is 5.16. The number of aryl methyl sites for hydroxylation is 1. The van der Waals surface area contributed by atoms with E-state index in [4.69, 9.17) is 0 Å². The number of fused-ring (bicyclic) bond motifs is 1. The average molecular weight is 391 g/mol. The molecule has 2 atom stereocenters. The highest BCUT2D eigenvalue weighted by Crippen LogP contribution is 2.59. The molecule has 1 fully saturated rings. The van der Waals surface area contributed by atoms with E-state index in [-0.39, 0.29) is 21.8 Å². The largest absolute Gasteiger partial charge is 0.328 e. The van der Waals surface area contributed by atoms with E-state index in [9.17, 15) is 17.2 Å². The highest BCUT2D eigenvalue weighted by molar-refractivity contribution is 7.89. The van der Waals surface area contributed by atoms with Crippen molar-refractivity contribution in [1.82, 2.24) is 14.3 Å². The SMILES string of the molecule is Cn1c([C@H]2[C@@H](NS(=O)(=O)c3ccccc3)C2(C)C)nc2cc(F)cc(F)c21. The fourth-order valence-electron chi connectivity index (χ4n) is 3.74. The lowest BCUT2D eigenvalue weighted by Gasteiger charge is -2.07. The van der Waals surface area contributed by atoms with E-state index in [0.717, 1.165) is 6.07 Å². The number of benzene rings is 2. The average Bonchev–Trinajstić information content (AvgIpc) is 2.93. The summed E-state index contributed by atoms with van der Waals surface area (Å²) in [4.78, 5) is 4.58. The van der Waals surface area contributed by atoms with E-state index >= 15 is 0 Å². The van der Waals surface area contributed by atoms with Crippen molar-refractivity contribution < 1.29 is 17.2 Å². The predicted molar refractivity (Wildman–Crippen MR) is 97.7 cm³/mol. The lowest BCUT2D eigenvalue weighted by Crippen LogP contribution is -2.29. The molecule has 1 aliphatic rings. The molecule has 3 aromatic rings. The first-order valence-corrected chi connectivity index (χ1v) is 10.00. The molecule has 1 N–H and O–H groups in total. The third kappa shape index (κ3) is 2.83. The fraction of sp³-hybridized carbons (Fsp3) is 0.316. The molecule has 0 bridgehead atoms. The van der Waals surface area contributed by atoms with Gasteiger partial charge in [-0.05, 0) is 17.5 Å². The van der Waals surface area contributed by atoms with Gasteiger partial charge in [0.1, 0.15) is 17.2 Å². The Morgan fingerprint density at radius 1 is 1.15 bits per heavy atom. The molecule has 1 aliphatic carbocycles. The van der Waals surface area contributed by atoms with Crippen molar-refractivity contribution in [3.8, 4) is 0 Å². The number of imidazole rings is 1. The molecule has 142 valence electrons. The molecule has 0 unspecified atom stereocenters. The van der Waals surface area contributed by atoms with Crippen molar-refractivity contribution in [2.45, 2.75) is 30.7 Å². The van der Waals surface area contributed by atoms with Gasteiger partial charge in [-0.15, -0.1) is 0 Å². The Kier molecular flexibility index (Phi) is 3.91. The van der Waals surface area contributed by atoms with Crippen LogP contribution in [0.5, 0.6) is 0 Å². The van der Waals surface area contributed by atoms with Gasteiger partial charge in [-0.25, -0.2) is 26.9 Å². The van der Waals surface area contributed by atoms with Crippen LogP contribution in [0.25, 0.3) is 11.0 Å². The molecule has 8 heteroatoms. The van der Waals surface area contributed by atoms with E-state index in [1.807, 2.05) is 13.8 Å². The number of hydrogen-bond acceptors (Lipinski definition) is 3. The van der Waals surface area contributed by atoms with Crippen LogP contribution in [0.3, 0.4) is 0 Å². The molecule has 1 heterocycles. The molecule has 1 aromatic heterocycles. The molecule has 0 saturated heterocycles. The molecule has 1 saturated carbocycles. The van der Waals surface area contributed by atoms with Crippen molar-refractivity contribution >= 4 is 21.1 Å². The zero-order valence-electron chi connectivity index (χ0n) is 15.1. The van der Waals surface area contributed by atoms with Crippen LogP contribution in [0, 0.1) is 17.0 Å². The molecule has 2 aromatic carbocycles. The zero-order chi connectivity index (χ0) is 19.6. The number of nitrogens with one attached hydrogen (secondary N) is 1. The summed E-state index contributed by atoms with van der Waals surface area (Å²) in [5.41, 5.74) is 0.0163. The van der Waals surface area contributed by atoms with Gasteiger partial charge in [-0.3, -0.25) is 0 Å². The molecule has 0 amide bonds. The van der Waals surface area contributed by atoms with Gasteiger partial charge in [-0.2, -0.15) is 0 Å². The maximum absolute atomic E-state index is 14.2. The van der Waals surface area contributed by atoms with Gasteiger partial charge in [0.25, 0.3) is 0 Å². The minimum absolute atomic E-state index is 0.185. The second-order valence-corrected chi connectivity index (χ2v) is 9.21. The normalized spacial score (nSPS) is 21.5. The molecule has 27 heavy (non-hydrogen) atoms. The van der Waals surface area contributed by atoms with Gasteiger partial charge in [0.2, 0.25) is 10.0 Å². The van der Waals surface area contributed by atoms with Gasteiger partial charge in [-0.1, -0.05) is 32.0 Å². The lowest BCUT2D eigenvalue weighted by molar-refractivity contribution is 0.550. The number of aromatic nitrogens is 2. The third-order valence-corrected chi connectivity index (χ3v) is 6.82. The maximum atomic E-state index is 14.2. The van der Waals surface area contributed by atoms with E-state index in [1.165, 1.54) is 18.2 Å². The van der Waals surface area contributed by atoms with Crippen molar-refractivity contribution in [2.75, 3.05) is 0 Å². The summed E-state index contributed by atoms with van der Waals surface area (Å²) < 4.78 is 57.3. The Balaban J connectivity index is 1.71. The second kappa shape index (κ2) is 5.84. The van der Waals surface area contributed by atoms with Gasteiger partial charge < -0.3 is 4.57 Å². The van der Waals surface area contributed by atoms with Crippen LogP contribution in [-0.4, -0.2) is 24.0 Å². The molecule has 0 aliphatic heterocycles. The quantitative estimate of drug-likeness (QED) is 0.742. The van der Waals surface area contributed by atoms with Crippen LogP contribution in [-0.2, 0) is 17.1 Å². The number of halogens is 2. The minimum Gasteiger partial charge on any atom is -0.328 e. The van der Waals surface area contributed by atoms with Crippen LogP contribution in [0.4, 0.5) is 8.78 Å².